The van der Waals surface area contributed by atoms with E-state index < -0.39 is 46.4 Å². The molecule has 17 nitrogen and oxygen atoms in total. The maximum atomic E-state index is 12.8. The second-order valence-electron chi connectivity index (χ2n) is 10.2. The minimum Gasteiger partial charge on any atom is -0.354 e. The van der Waals surface area contributed by atoms with Gasteiger partial charge in [-0.15, -0.1) is 0 Å². The molecule has 2 fully saturated rings. The molecule has 44 heavy (non-hydrogen) atoms. The molecule has 4 atom stereocenters. The third-order valence-corrected chi connectivity index (χ3v) is 8.06. The van der Waals surface area contributed by atoms with Crippen molar-refractivity contribution in [3.8, 4) is 0 Å². The second kappa shape index (κ2) is 11.4. The van der Waals surface area contributed by atoms with Crippen molar-refractivity contribution >= 4 is 50.6 Å². The number of fused-ring (bicyclic) bond motifs is 2. The fourth-order valence-corrected chi connectivity index (χ4v) is 5.89. The van der Waals surface area contributed by atoms with E-state index in [1.807, 2.05) is 6.92 Å². The van der Waals surface area contributed by atoms with Gasteiger partial charge in [-0.05, 0) is 51.1 Å². The van der Waals surface area contributed by atoms with Crippen molar-refractivity contribution in [3.63, 3.8) is 0 Å². The van der Waals surface area contributed by atoms with Crippen LogP contribution in [0.1, 0.15) is 27.0 Å². The molecule has 230 valence electrons. The van der Waals surface area contributed by atoms with Crippen molar-refractivity contribution in [2.24, 2.45) is 0 Å². The first-order chi connectivity index (χ1) is 21.0. The van der Waals surface area contributed by atoms with Gasteiger partial charge in [0.1, 0.15) is 18.5 Å². The normalized spacial score (nSPS) is 22.3. The average molecular weight is 625 g/mol. The molecule has 2 saturated heterocycles. The van der Waals surface area contributed by atoms with Gasteiger partial charge in [-0.3, -0.25) is 14.7 Å². The van der Waals surface area contributed by atoms with Gasteiger partial charge < -0.3 is 24.8 Å². The highest BCUT2D eigenvalue weighted by molar-refractivity contribution is 7.92. The summed E-state index contributed by atoms with van der Waals surface area (Å²) in [5.41, 5.74) is 0.905. The van der Waals surface area contributed by atoms with E-state index in [4.69, 9.17) is 14.2 Å². The second-order valence-corrected chi connectivity index (χ2v) is 11.9. The molecule has 0 radical (unpaired) electrons. The number of amides is 3. The average Bonchev–Trinajstić information content (AvgIpc) is 3.64. The first kappa shape index (κ1) is 29.3. The molecule has 3 aromatic heterocycles. The summed E-state index contributed by atoms with van der Waals surface area (Å²) in [4.78, 5) is 46.1. The molecule has 0 spiro atoms. The predicted octanol–water partition coefficient (Wildman–Crippen LogP) is 1.61. The molecule has 0 saturated carbocycles. The van der Waals surface area contributed by atoms with E-state index in [2.05, 4.69) is 45.6 Å². The summed E-state index contributed by atoms with van der Waals surface area (Å²) in [6, 6.07) is 6.40. The van der Waals surface area contributed by atoms with Gasteiger partial charge in [-0.25, -0.2) is 42.9 Å². The van der Waals surface area contributed by atoms with E-state index in [0.717, 1.165) is 0 Å². The van der Waals surface area contributed by atoms with E-state index in [9.17, 15) is 18.0 Å². The van der Waals surface area contributed by atoms with Crippen molar-refractivity contribution in [3.05, 3.63) is 55.4 Å². The highest BCUT2D eigenvalue weighted by atomic mass is 32.2. The Balaban J connectivity index is 1.17. The van der Waals surface area contributed by atoms with E-state index >= 15 is 0 Å². The highest BCUT2D eigenvalue weighted by Crippen LogP contribution is 2.44. The van der Waals surface area contributed by atoms with Crippen LogP contribution in [0.3, 0.4) is 0 Å². The van der Waals surface area contributed by atoms with Crippen LogP contribution < -0.4 is 20.7 Å². The van der Waals surface area contributed by atoms with Crippen LogP contribution in [-0.2, 0) is 29.0 Å². The lowest BCUT2D eigenvalue weighted by Crippen LogP contribution is -2.42. The SMILES string of the molecule is CCNC(=O)[C@H]1O[C@@H](n2cnc3c(NC(=O)Nc4ccc(S(=O)(=O)Nc5ncccn5)cc4)ncnc32)[C@@H]2OC(C)(C)O[C@@H]21. The Morgan fingerprint density at radius 2 is 1.70 bits per heavy atom. The van der Waals surface area contributed by atoms with Gasteiger partial charge in [0.15, 0.2) is 35.1 Å². The number of anilines is 3. The molecule has 2 aliphatic heterocycles. The Bertz CT molecular complexity index is 1800. The Morgan fingerprint density at radius 1 is 0.977 bits per heavy atom. The maximum absolute atomic E-state index is 12.8. The number of hydrogen-bond acceptors (Lipinski definition) is 12. The van der Waals surface area contributed by atoms with Crippen LogP contribution in [0.25, 0.3) is 11.2 Å². The van der Waals surface area contributed by atoms with E-state index in [-0.39, 0.29) is 28.1 Å². The summed E-state index contributed by atoms with van der Waals surface area (Å²) in [5, 5.41) is 8.02. The number of ether oxygens (including phenoxy) is 3. The monoisotopic (exact) mass is 624 g/mol. The van der Waals surface area contributed by atoms with Crippen LogP contribution in [0.15, 0.2) is 60.3 Å². The van der Waals surface area contributed by atoms with Crippen molar-refractivity contribution in [2.75, 3.05) is 21.9 Å². The number of sulfonamides is 1. The molecule has 4 aromatic rings. The molecule has 6 rings (SSSR count). The lowest BCUT2D eigenvalue weighted by Gasteiger charge is -2.24. The molecule has 0 aliphatic carbocycles. The topological polar surface area (TPSA) is 213 Å². The van der Waals surface area contributed by atoms with Crippen molar-refractivity contribution in [2.45, 2.75) is 56.0 Å². The van der Waals surface area contributed by atoms with Crippen LogP contribution >= 0.6 is 0 Å². The van der Waals surface area contributed by atoms with Crippen LogP contribution in [-0.4, -0.2) is 80.5 Å². The zero-order chi connectivity index (χ0) is 31.1. The highest BCUT2D eigenvalue weighted by Gasteiger charge is 2.58. The van der Waals surface area contributed by atoms with Gasteiger partial charge in [-0.2, -0.15) is 0 Å². The summed E-state index contributed by atoms with van der Waals surface area (Å²) in [6.07, 6.45) is 2.53. The van der Waals surface area contributed by atoms with E-state index in [0.29, 0.717) is 17.9 Å². The Hall–Kier alpha value is -4.78. The number of hydrogen-bond donors (Lipinski definition) is 4. The van der Waals surface area contributed by atoms with Crippen LogP contribution in [0.4, 0.5) is 22.2 Å². The fourth-order valence-electron chi connectivity index (χ4n) is 4.93. The van der Waals surface area contributed by atoms with Gasteiger partial charge >= 0.3 is 6.03 Å². The van der Waals surface area contributed by atoms with Gasteiger partial charge in [0.25, 0.3) is 15.9 Å². The lowest BCUT2D eigenvalue weighted by atomic mass is 10.1. The van der Waals surface area contributed by atoms with Crippen molar-refractivity contribution in [1.82, 2.24) is 34.8 Å². The first-order valence-electron chi connectivity index (χ1n) is 13.5. The van der Waals surface area contributed by atoms with Crippen LogP contribution in [0.2, 0.25) is 0 Å². The van der Waals surface area contributed by atoms with E-state index in [1.165, 1.54) is 49.3 Å². The zero-order valence-corrected chi connectivity index (χ0v) is 24.5. The van der Waals surface area contributed by atoms with Crippen molar-refractivity contribution in [1.29, 1.82) is 0 Å². The smallest absolute Gasteiger partial charge is 0.324 e. The van der Waals surface area contributed by atoms with Gasteiger partial charge in [-0.1, -0.05) is 0 Å². The Morgan fingerprint density at radius 3 is 2.43 bits per heavy atom. The van der Waals surface area contributed by atoms with E-state index in [1.54, 1.807) is 24.5 Å². The Labute approximate surface area is 250 Å². The number of likely N-dealkylation sites (N-methyl/N-ethyl adjacent to an activating group) is 1. The molecule has 4 N–H and O–H groups in total. The molecular formula is C26H28N10O7S. The number of carbonyl (C=O) groups excluding carboxylic acids is 2. The van der Waals surface area contributed by atoms with Crippen LogP contribution in [0, 0.1) is 0 Å². The predicted molar refractivity (Wildman–Crippen MR) is 154 cm³/mol. The number of nitrogens with one attached hydrogen (secondary N) is 4. The molecule has 18 heteroatoms. The summed E-state index contributed by atoms with van der Waals surface area (Å²) in [7, 11) is -3.94. The summed E-state index contributed by atoms with van der Waals surface area (Å²) in [5.74, 6) is -1.22. The zero-order valence-electron chi connectivity index (χ0n) is 23.7. The molecule has 2 aliphatic rings. The fraction of sp³-hybridized carbons (Fsp3) is 0.346. The van der Waals surface area contributed by atoms with Crippen molar-refractivity contribution < 1.29 is 32.2 Å². The van der Waals surface area contributed by atoms with Gasteiger partial charge in [0.2, 0.25) is 5.95 Å². The molecular weight excluding hydrogens is 596 g/mol. The number of nitrogens with zero attached hydrogens (tertiary/aromatic N) is 6. The summed E-state index contributed by atoms with van der Waals surface area (Å²) >= 11 is 0. The largest absolute Gasteiger partial charge is 0.354 e. The van der Waals surface area contributed by atoms with Gasteiger partial charge in [0.05, 0.1) is 11.2 Å². The maximum Gasteiger partial charge on any atom is 0.324 e. The first-order valence-corrected chi connectivity index (χ1v) is 15.0. The summed E-state index contributed by atoms with van der Waals surface area (Å²) in [6.45, 7) is 5.75. The molecule has 0 unspecified atom stereocenters. The van der Waals surface area contributed by atoms with Crippen LogP contribution in [0.5, 0.6) is 0 Å². The number of imidazole rings is 1. The van der Waals surface area contributed by atoms with Gasteiger partial charge in [0, 0.05) is 24.6 Å². The molecule has 1 aromatic carbocycles. The molecule has 3 amide bonds. The standard InChI is InChI=1S/C26H28N10O7S/c1-4-27-22(37)18-17-19(43-26(2,3)42-17)23(41-18)36-13-32-16-20(30-12-31-21(16)36)34-25(38)33-14-6-8-15(9-7-14)44(39,40)35-24-28-10-5-11-29-24/h5-13,17-19,23H,4H2,1-3H3,(H,27,37)(H,28,29,35)(H2,30,31,33,34,38)/t17-,18+,19-,23-/m1/s1. The third kappa shape index (κ3) is 5.74. The minimum atomic E-state index is -3.94. The number of carbonyl (C=O) groups is 2. The number of rotatable bonds is 8. The number of benzene rings is 1. The Kier molecular flexibility index (Phi) is 7.58. The number of aromatic nitrogens is 6. The minimum absolute atomic E-state index is 0.0511. The number of urea groups is 1. The molecule has 5 heterocycles. The summed E-state index contributed by atoms with van der Waals surface area (Å²) < 4.78 is 47.3. The lowest BCUT2D eigenvalue weighted by molar-refractivity contribution is -0.197. The quantitative estimate of drug-likeness (QED) is 0.220. The molecule has 0 bridgehead atoms. The third-order valence-electron chi connectivity index (χ3n) is 6.72.